The van der Waals surface area contributed by atoms with E-state index >= 15 is 0 Å². The zero-order valence-corrected chi connectivity index (χ0v) is 15.0. The maximum atomic E-state index is 12.5. The third-order valence-electron chi connectivity index (χ3n) is 3.77. The van der Waals surface area contributed by atoms with Crippen LogP contribution in [0, 0.1) is 0 Å². The van der Waals surface area contributed by atoms with E-state index < -0.39 is 9.84 Å². The fraction of sp³-hybridized carbons (Fsp3) is 0.222. The van der Waals surface area contributed by atoms with Gasteiger partial charge in [0.1, 0.15) is 11.5 Å². The summed E-state index contributed by atoms with van der Waals surface area (Å²) in [6.07, 6.45) is 3.20. The van der Waals surface area contributed by atoms with E-state index in [1.165, 1.54) is 12.1 Å². The van der Waals surface area contributed by atoms with Crippen LogP contribution in [0.4, 0.5) is 0 Å². The van der Waals surface area contributed by atoms with Gasteiger partial charge in [0.15, 0.2) is 9.84 Å². The van der Waals surface area contributed by atoms with Crippen LogP contribution in [0.1, 0.15) is 11.5 Å². The Morgan fingerprint density at radius 3 is 1.92 bits per heavy atom. The van der Waals surface area contributed by atoms with Crippen LogP contribution in [-0.4, -0.2) is 25.6 Å². The van der Waals surface area contributed by atoms with E-state index in [9.17, 15) is 8.42 Å². The summed E-state index contributed by atoms with van der Waals surface area (Å²) in [5.41, 5.74) is 0. The van der Waals surface area contributed by atoms with Crippen LogP contribution in [-0.2, 0) is 22.9 Å². The minimum Gasteiger partial charge on any atom is -0.468 e. The van der Waals surface area contributed by atoms with Crippen LogP contribution in [0.15, 0.2) is 74.8 Å². The Balaban J connectivity index is 1.69. The Kier molecular flexibility index (Phi) is 5.63. The van der Waals surface area contributed by atoms with Crippen LogP contribution in [0.2, 0.25) is 5.02 Å². The molecule has 0 saturated carbocycles. The summed E-state index contributed by atoms with van der Waals surface area (Å²) in [7, 11) is -3.39. The highest BCUT2D eigenvalue weighted by atomic mass is 35.5. The van der Waals surface area contributed by atoms with Crippen LogP contribution in [0.5, 0.6) is 0 Å². The van der Waals surface area contributed by atoms with Gasteiger partial charge in [-0.15, -0.1) is 0 Å². The van der Waals surface area contributed by atoms with Gasteiger partial charge in [0, 0.05) is 11.6 Å². The zero-order valence-electron chi connectivity index (χ0n) is 13.5. The van der Waals surface area contributed by atoms with Gasteiger partial charge in [0.2, 0.25) is 0 Å². The molecule has 0 aliphatic carbocycles. The topological polar surface area (TPSA) is 63.7 Å². The average molecular weight is 380 g/mol. The summed E-state index contributed by atoms with van der Waals surface area (Å²) in [6.45, 7) is 1.36. The molecule has 132 valence electrons. The summed E-state index contributed by atoms with van der Waals surface area (Å²) in [5.74, 6) is 1.54. The SMILES string of the molecule is O=S(=O)(CCN(Cc1ccco1)Cc1ccco1)c1ccc(Cl)cc1. The van der Waals surface area contributed by atoms with Crippen LogP contribution < -0.4 is 0 Å². The molecule has 3 rings (SSSR count). The third-order valence-corrected chi connectivity index (χ3v) is 5.73. The highest BCUT2D eigenvalue weighted by Gasteiger charge is 2.18. The van der Waals surface area contributed by atoms with E-state index in [0.29, 0.717) is 24.7 Å². The number of sulfone groups is 1. The molecule has 0 aliphatic rings. The first kappa shape index (κ1) is 17.8. The lowest BCUT2D eigenvalue weighted by Gasteiger charge is -2.20. The van der Waals surface area contributed by atoms with Crippen molar-refractivity contribution in [3.05, 3.63) is 77.6 Å². The van der Waals surface area contributed by atoms with Crippen LogP contribution in [0.25, 0.3) is 0 Å². The Labute approximate surface area is 151 Å². The van der Waals surface area contributed by atoms with Crippen molar-refractivity contribution in [2.45, 2.75) is 18.0 Å². The third kappa shape index (κ3) is 4.98. The summed E-state index contributed by atoms with van der Waals surface area (Å²) >= 11 is 5.82. The maximum Gasteiger partial charge on any atom is 0.179 e. The van der Waals surface area contributed by atoms with Gasteiger partial charge in [0.25, 0.3) is 0 Å². The lowest BCUT2D eigenvalue weighted by Crippen LogP contribution is -2.28. The molecule has 7 heteroatoms. The summed E-state index contributed by atoms with van der Waals surface area (Å²) < 4.78 is 35.8. The number of nitrogens with zero attached hydrogens (tertiary/aromatic N) is 1. The second-order valence-electron chi connectivity index (χ2n) is 5.64. The number of furan rings is 2. The molecule has 0 bridgehead atoms. The predicted octanol–water partition coefficient (Wildman–Crippen LogP) is 4.00. The molecule has 0 spiro atoms. The van der Waals surface area contributed by atoms with Gasteiger partial charge >= 0.3 is 0 Å². The maximum absolute atomic E-state index is 12.5. The number of hydrogen-bond acceptors (Lipinski definition) is 5. The van der Waals surface area contributed by atoms with Crippen molar-refractivity contribution in [2.24, 2.45) is 0 Å². The van der Waals surface area contributed by atoms with Crippen LogP contribution in [0.3, 0.4) is 0 Å². The minimum absolute atomic E-state index is 0.00392. The minimum atomic E-state index is -3.39. The van der Waals surface area contributed by atoms with E-state index in [0.717, 1.165) is 11.5 Å². The van der Waals surface area contributed by atoms with E-state index in [1.807, 2.05) is 29.2 Å². The smallest absolute Gasteiger partial charge is 0.179 e. The first-order chi connectivity index (χ1) is 12.0. The summed E-state index contributed by atoms with van der Waals surface area (Å²) in [4.78, 5) is 2.25. The zero-order chi connectivity index (χ0) is 17.7. The Hall–Kier alpha value is -2.02. The van der Waals surface area contributed by atoms with Crippen molar-refractivity contribution < 1.29 is 17.3 Å². The summed E-state index contributed by atoms with van der Waals surface area (Å²) in [5, 5.41) is 0.510. The molecule has 5 nitrogen and oxygen atoms in total. The lowest BCUT2D eigenvalue weighted by atomic mass is 10.3. The second-order valence-corrected chi connectivity index (χ2v) is 8.19. The lowest BCUT2D eigenvalue weighted by molar-refractivity contribution is 0.229. The van der Waals surface area contributed by atoms with Crippen molar-refractivity contribution in [1.82, 2.24) is 4.90 Å². The van der Waals surface area contributed by atoms with E-state index in [-0.39, 0.29) is 10.6 Å². The van der Waals surface area contributed by atoms with Crippen molar-refractivity contribution in [1.29, 1.82) is 0 Å². The predicted molar refractivity (Wildman–Crippen MR) is 95.0 cm³/mol. The van der Waals surface area contributed by atoms with Gasteiger partial charge in [-0.3, -0.25) is 4.90 Å². The van der Waals surface area contributed by atoms with Crippen molar-refractivity contribution in [3.8, 4) is 0 Å². The molecule has 3 aromatic rings. The Morgan fingerprint density at radius 1 is 0.880 bits per heavy atom. The molecule has 0 atom stereocenters. The largest absolute Gasteiger partial charge is 0.468 e. The fourth-order valence-electron chi connectivity index (χ4n) is 2.47. The molecule has 0 aliphatic heterocycles. The molecule has 2 heterocycles. The Bertz CT molecular complexity index is 836. The second kappa shape index (κ2) is 7.91. The van der Waals surface area contributed by atoms with Crippen molar-refractivity contribution in [3.63, 3.8) is 0 Å². The average Bonchev–Trinajstić information content (AvgIpc) is 3.27. The molecule has 1 aromatic carbocycles. The molecule has 25 heavy (non-hydrogen) atoms. The van der Waals surface area contributed by atoms with Crippen molar-refractivity contribution in [2.75, 3.05) is 12.3 Å². The molecule has 0 radical (unpaired) electrons. The molecule has 0 saturated heterocycles. The molecule has 0 fully saturated rings. The normalized spacial score (nSPS) is 11.9. The van der Waals surface area contributed by atoms with E-state index in [4.69, 9.17) is 20.4 Å². The molecule has 2 aromatic heterocycles. The van der Waals surface area contributed by atoms with E-state index in [2.05, 4.69) is 0 Å². The first-order valence-electron chi connectivity index (χ1n) is 7.78. The van der Waals surface area contributed by atoms with Gasteiger partial charge in [0.05, 0.1) is 36.3 Å². The molecule has 0 amide bonds. The fourth-order valence-corrected chi connectivity index (χ4v) is 3.88. The molecule has 0 unspecified atom stereocenters. The standard InChI is InChI=1S/C18H18ClNO4S/c19-15-5-7-18(8-6-15)25(21,22)12-9-20(13-16-3-1-10-23-16)14-17-4-2-11-24-17/h1-8,10-11H,9,12-14H2. The first-order valence-corrected chi connectivity index (χ1v) is 9.81. The van der Waals surface area contributed by atoms with Gasteiger partial charge in [-0.2, -0.15) is 0 Å². The van der Waals surface area contributed by atoms with Crippen molar-refractivity contribution >= 4 is 21.4 Å². The number of halogens is 1. The molecule has 0 N–H and O–H groups in total. The number of benzene rings is 1. The summed E-state index contributed by atoms with van der Waals surface area (Å²) in [6, 6.07) is 13.6. The highest BCUT2D eigenvalue weighted by molar-refractivity contribution is 7.91. The molecular formula is C18H18ClNO4S. The molecular weight excluding hydrogens is 362 g/mol. The highest BCUT2D eigenvalue weighted by Crippen LogP contribution is 2.17. The number of hydrogen-bond donors (Lipinski definition) is 0. The van der Waals surface area contributed by atoms with Gasteiger partial charge in [-0.25, -0.2) is 8.42 Å². The van der Waals surface area contributed by atoms with Crippen LogP contribution >= 0.6 is 11.6 Å². The van der Waals surface area contributed by atoms with Gasteiger partial charge < -0.3 is 8.83 Å². The Morgan fingerprint density at radius 2 is 1.44 bits per heavy atom. The van der Waals surface area contributed by atoms with E-state index in [1.54, 1.807) is 24.7 Å². The monoisotopic (exact) mass is 379 g/mol. The van der Waals surface area contributed by atoms with Gasteiger partial charge in [-0.05, 0) is 48.5 Å². The number of rotatable bonds is 8. The quantitative estimate of drug-likeness (QED) is 0.591. The van der Waals surface area contributed by atoms with Gasteiger partial charge in [-0.1, -0.05) is 11.6 Å².